The molecular weight excluding hydrogens is 234 g/mol. The summed E-state index contributed by atoms with van der Waals surface area (Å²) in [5, 5.41) is 0. The van der Waals surface area contributed by atoms with E-state index in [0.29, 0.717) is 6.04 Å². The highest BCUT2D eigenvalue weighted by Gasteiger charge is 2.19. The summed E-state index contributed by atoms with van der Waals surface area (Å²) < 4.78 is 0. The first-order valence-corrected chi connectivity index (χ1v) is 7.36. The molecule has 0 atom stereocenters. The van der Waals surface area contributed by atoms with Crippen molar-refractivity contribution in [1.82, 2.24) is 9.80 Å². The molecule has 2 rings (SSSR count). The number of hydrogen-bond donors (Lipinski definition) is 1. The van der Waals surface area contributed by atoms with Gasteiger partial charge in [-0.15, -0.1) is 0 Å². The van der Waals surface area contributed by atoms with Gasteiger partial charge in [0.1, 0.15) is 0 Å². The Balaban J connectivity index is 1.71. The molecule has 0 aromatic heterocycles. The van der Waals surface area contributed by atoms with Gasteiger partial charge in [-0.05, 0) is 64.0 Å². The van der Waals surface area contributed by atoms with Gasteiger partial charge < -0.3 is 10.6 Å². The van der Waals surface area contributed by atoms with Gasteiger partial charge in [-0.2, -0.15) is 0 Å². The van der Waals surface area contributed by atoms with E-state index in [0.717, 1.165) is 18.8 Å². The Morgan fingerprint density at radius 3 is 2.74 bits per heavy atom. The fraction of sp³-hybridized carbons (Fsp3) is 0.625. The molecule has 19 heavy (non-hydrogen) atoms. The first-order valence-electron chi connectivity index (χ1n) is 7.36. The minimum atomic E-state index is 0.649. The summed E-state index contributed by atoms with van der Waals surface area (Å²) in [6, 6.07) is 6.93. The highest BCUT2D eigenvalue weighted by atomic mass is 15.1. The number of rotatable bonds is 6. The minimum absolute atomic E-state index is 0.649. The molecule has 2 N–H and O–H groups in total. The number of hydrogen-bond acceptors (Lipinski definition) is 3. The minimum Gasteiger partial charge on any atom is -0.398 e. The number of nitrogens with two attached hydrogens (primary N) is 1. The van der Waals surface area contributed by atoms with E-state index in [1.165, 1.54) is 37.1 Å². The van der Waals surface area contributed by atoms with Gasteiger partial charge in [0.15, 0.2) is 0 Å². The maximum atomic E-state index is 6.03. The molecule has 0 amide bonds. The van der Waals surface area contributed by atoms with E-state index in [-0.39, 0.29) is 0 Å². The lowest BCUT2D eigenvalue weighted by atomic mass is 10.1. The highest BCUT2D eigenvalue weighted by Crippen LogP contribution is 2.27. The number of unbranched alkanes of at least 4 members (excludes halogenated alkanes) is 1. The van der Waals surface area contributed by atoms with Crippen LogP contribution in [0.4, 0.5) is 5.69 Å². The molecule has 0 radical (unpaired) electrons. The van der Waals surface area contributed by atoms with Crippen LogP contribution in [0.2, 0.25) is 0 Å². The van der Waals surface area contributed by atoms with Crippen molar-refractivity contribution in [2.24, 2.45) is 0 Å². The third-order valence-corrected chi connectivity index (χ3v) is 4.20. The van der Waals surface area contributed by atoms with Gasteiger partial charge >= 0.3 is 0 Å². The summed E-state index contributed by atoms with van der Waals surface area (Å²) in [6.45, 7) is 8.98. The Morgan fingerprint density at radius 2 is 2.05 bits per heavy atom. The first kappa shape index (κ1) is 14.4. The summed E-state index contributed by atoms with van der Waals surface area (Å²) in [6.07, 6.45) is 2.54. The third-order valence-electron chi connectivity index (χ3n) is 4.20. The fourth-order valence-corrected chi connectivity index (χ4v) is 2.63. The second-order valence-electron chi connectivity index (χ2n) is 5.98. The summed E-state index contributed by atoms with van der Waals surface area (Å²) in [7, 11) is 2.21. The van der Waals surface area contributed by atoms with E-state index < -0.39 is 0 Å². The average Bonchev–Trinajstić information content (AvgIpc) is 2.78. The Kier molecular flexibility index (Phi) is 4.83. The van der Waals surface area contributed by atoms with Gasteiger partial charge in [-0.3, -0.25) is 4.90 Å². The fourth-order valence-electron chi connectivity index (χ4n) is 2.63. The van der Waals surface area contributed by atoms with Crippen molar-refractivity contribution in [2.45, 2.75) is 45.8 Å². The van der Waals surface area contributed by atoms with Crippen molar-refractivity contribution >= 4 is 5.69 Å². The van der Waals surface area contributed by atoms with E-state index >= 15 is 0 Å². The van der Waals surface area contributed by atoms with Gasteiger partial charge in [0, 0.05) is 24.8 Å². The summed E-state index contributed by atoms with van der Waals surface area (Å²) in [5.74, 6) is 0. The molecule has 3 heteroatoms. The molecule has 1 aliphatic heterocycles. The number of fused-ring (bicyclic) bond motifs is 1. The predicted octanol–water partition coefficient (Wildman–Crippen LogP) is 2.70. The van der Waals surface area contributed by atoms with Crippen molar-refractivity contribution in [2.75, 3.05) is 25.9 Å². The van der Waals surface area contributed by atoms with Gasteiger partial charge in [0.05, 0.1) is 0 Å². The Bertz CT molecular complexity index is 414. The smallest absolute Gasteiger partial charge is 0.0363 e. The van der Waals surface area contributed by atoms with Crippen molar-refractivity contribution in [3.63, 3.8) is 0 Å². The van der Waals surface area contributed by atoms with E-state index in [9.17, 15) is 0 Å². The molecule has 0 unspecified atom stereocenters. The molecule has 1 aromatic carbocycles. The number of benzene rings is 1. The zero-order valence-corrected chi connectivity index (χ0v) is 12.5. The first-order chi connectivity index (χ1) is 9.08. The van der Waals surface area contributed by atoms with Crippen LogP contribution in [0.1, 0.15) is 37.8 Å². The largest absolute Gasteiger partial charge is 0.398 e. The van der Waals surface area contributed by atoms with Gasteiger partial charge in [-0.1, -0.05) is 12.1 Å². The molecule has 0 spiro atoms. The maximum absolute atomic E-state index is 6.03. The SMILES string of the molecule is CC(C)N(C)CCCCN1Cc2cccc(N)c2C1. The second-order valence-corrected chi connectivity index (χ2v) is 5.98. The zero-order chi connectivity index (χ0) is 13.8. The van der Waals surface area contributed by atoms with Crippen molar-refractivity contribution < 1.29 is 0 Å². The molecule has 3 nitrogen and oxygen atoms in total. The monoisotopic (exact) mass is 261 g/mol. The molecule has 0 saturated carbocycles. The number of nitrogen functional groups attached to an aromatic ring is 1. The van der Waals surface area contributed by atoms with Gasteiger partial charge in [0.2, 0.25) is 0 Å². The summed E-state index contributed by atoms with van der Waals surface area (Å²) in [4.78, 5) is 4.92. The Hall–Kier alpha value is -1.06. The van der Waals surface area contributed by atoms with Crippen LogP contribution in [0.25, 0.3) is 0 Å². The molecule has 1 heterocycles. The maximum Gasteiger partial charge on any atom is 0.0363 e. The molecule has 1 aromatic rings. The van der Waals surface area contributed by atoms with Crippen LogP contribution in [0, 0.1) is 0 Å². The van der Waals surface area contributed by atoms with Gasteiger partial charge in [0.25, 0.3) is 0 Å². The number of anilines is 1. The molecule has 0 aliphatic carbocycles. The second kappa shape index (κ2) is 6.40. The summed E-state index contributed by atoms with van der Waals surface area (Å²) >= 11 is 0. The van der Waals surface area contributed by atoms with E-state index in [1.54, 1.807) is 0 Å². The Labute approximate surface area is 117 Å². The summed E-state index contributed by atoms with van der Waals surface area (Å²) in [5.41, 5.74) is 9.75. The molecule has 0 saturated heterocycles. The topological polar surface area (TPSA) is 32.5 Å². The lowest BCUT2D eigenvalue weighted by molar-refractivity contribution is 0.243. The van der Waals surface area contributed by atoms with Crippen LogP contribution in [0.3, 0.4) is 0 Å². The molecular formula is C16H27N3. The van der Waals surface area contributed by atoms with Gasteiger partial charge in [-0.25, -0.2) is 0 Å². The third kappa shape index (κ3) is 3.71. The predicted molar refractivity (Wildman–Crippen MR) is 82.0 cm³/mol. The van der Waals surface area contributed by atoms with Crippen molar-refractivity contribution in [3.8, 4) is 0 Å². The van der Waals surface area contributed by atoms with Crippen LogP contribution < -0.4 is 5.73 Å². The lowest BCUT2D eigenvalue weighted by Crippen LogP contribution is -2.28. The van der Waals surface area contributed by atoms with E-state index in [2.05, 4.69) is 42.8 Å². The average molecular weight is 261 g/mol. The highest BCUT2D eigenvalue weighted by molar-refractivity contribution is 5.52. The molecule has 1 aliphatic rings. The van der Waals surface area contributed by atoms with E-state index in [1.807, 2.05) is 6.07 Å². The normalized spacial score (nSPS) is 15.4. The molecule has 0 bridgehead atoms. The standard InChI is InChI=1S/C16H27N3/c1-13(2)18(3)9-4-5-10-19-11-14-7-6-8-16(17)15(14)12-19/h6-8,13H,4-5,9-12,17H2,1-3H3. The quantitative estimate of drug-likeness (QED) is 0.631. The van der Waals surface area contributed by atoms with E-state index in [4.69, 9.17) is 5.73 Å². The van der Waals surface area contributed by atoms with Crippen LogP contribution in [-0.4, -0.2) is 36.0 Å². The van der Waals surface area contributed by atoms with Crippen molar-refractivity contribution in [1.29, 1.82) is 0 Å². The Morgan fingerprint density at radius 1 is 1.26 bits per heavy atom. The zero-order valence-electron chi connectivity index (χ0n) is 12.5. The van der Waals surface area contributed by atoms with Crippen LogP contribution in [0.15, 0.2) is 18.2 Å². The van der Waals surface area contributed by atoms with Crippen molar-refractivity contribution in [3.05, 3.63) is 29.3 Å². The molecule has 106 valence electrons. The lowest BCUT2D eigenvalue weighted by Gasteiger charge is -2.21. The van der Waals surface area contributed by atoms with Crippen LogP contribution in [0.5, 0.6) is 0 Å². The van der Waals surface area contributed by atoms with Crippen LogP contribution in [-0.2, 0) is 13.1 Å². The van der Waals surface area contributed by atoms with Crippen LogP contribution >= 0.6 is 0 Å². The molecule has 0 fully saturated rings. The number of nitrogens with zero attached hydrogens (tertiary/aromatic N) is 2.